The Morgan fingerprint density at radius 3 is 1.87 bits per heavy atom. The van der Waals surface area contributed by atoms with Gasteiger partial charge in [0.1, 0.15) is 0 Å². The molecule has 0 aliphatic heterocycles. The summed E-state index contributed by atoms with van der Waals surface area (Å²) in [6.07, 6.45) is -4.91. The van der Waals surface area contributed by atoms with Gasteiger partial charge in [-0.2, -0.15) is 0 Å². The second-order valence-corrected chi connectivity index (χ2v) is 4.73. The fourth-order valence-electron chi connectivity index (χ4n) is 0.893. The van der Waals surface area contributed by atoms with E-state index in [2.05, 4.69) is 0 Å². The molecule has 8 heteroatoms. The molecule has 15 heavy (non-hydrogen) atoms. The Bertz CT molecular complexity index is 366. The van der Waals surface area contributed by atoms with E-state index in [0.29, 0.717) is 12.1 Å². The van der Waals surface area contributed by atoms with Crippen molar-refractivity contribution in [3.63, 3.8) is 0 Å². The summed E-state index contributed by atoms with van der Waals surface area (Å²) in [4.78, 5) is 0. The van der Waals surface area contributed by atoms with Crippen LogP contribution in [-0.2, 0) is 6.18 Å². The fourth-order valence-corrected chi connectivity index (χ4v) is 1.54. The Hall–Kier alpha value is -0.840. The van der Waals surface area contributed by atoms with E-state index in [1.807, 2.05) is 0 Å². The van der Waals surface area contributed by atoms with Crippen molar-refractivity contribution in [2.75, 3.05) is 0 Å². The normalized spacial score (nSPS) is 15.8. The van der Waals surface area contributed by atoms with E-state index in [0.717, 1.165) is 0 Å². The molecule has 0 aliphatic carbocycles. The van der Waals surface area contributed by atoms with Gasteiger partial charge in [-0.1, -0.05) is 0 Å². The number of rotatable bonds is 1. The average Bonchev–Trinajstić information content (AvgIpc) is 2.00. The van der Waals surface area contributed by atoms with E-state index in [1.165, 1.54) is 0 Å². The van der Waals surface area contributed by atoms with E-state index in [1.54, 1.807) is 0 Å². The van der Waals surface area contributed by atoms with Gasteiger partial charge < -0.3 is 0 Å². The van der Waals surface area contributed by atoms with E-state index in [9.17, 15) is 30.0 Å². The first-order chi connectivity index (χ1) is 6.47. The first-order valence-electron chi connectivity index (χ1n) is 3.54. The zero-order valence-corrected chi connectivity index (χ0v) is 7.80. The summed E-state index contributed by atoms with van der Waals surface area (Å²) in [5, 5.41) is -1.85. The molecule has 0 fully saturated rings. The van der Waals surface area contributed by atoms with E-state index >= 15 is 0 Å². The molecule has 1 aromatic rings. The molecule has 0 unspecified atom stereocenters. The van der Waals surface area contributed by atoms with Crippen LogP contribution in [0.2, 0.25) is 0 Å². The number of benzene rings is 1. The topological polar surface area (TPSA) is 0 Å². The van der Waals surface area contributed by atoms with Crippen LogP contribution >= 0.6 is 7.85 Å². The Kier molecular flexibility index (Phi) is 2.51. The van der Waals surface area contributed by atoms with Crippen molar-refractivity contribution < 1.29 is 30.0 Å². The van der Waals surface area contributed by atoms with Crippen molar-refractivity contribution in [2.45, 2.75) is 6.18 Å². The van der Waals surface area contributed by atoms with Crippen LogP contribution in [0.3, 0.4) is 0 Å². The van der Waals surface area contributed by atoms with E-state index in [4.69, 9.17) is 0 Å². The second kappa shape index (κ2) is 3.07. The minimum absolute atomic E-state index is 0.224. The van der Waals surface area contributed by atoms with Crippen molar-refractivity contribution in [1.29, 1.82) is 0 Å². The second-order valence-electron chi connectivity index (χ2n) is 2.77. The van der Waals surface area contributed by atoms with Crippen LogP contribution in [0.4, 0.5) is 30.0 Å². The van der Waals surface area contributed by atoms with Gasteiger partial charge in [0.15, 0.2) is 0 Å². The third-order valence-corrected chi connectivity index (χ3v) is 2.62. The molecule has 0 radical (unpaired) electrons. The molecular weight excluding hydrogens is 248 g/mol. The van der Waals surface area contributed by atoms with Crippen LogP contribution < -0.4 is 5.30 Å². The zero-order valence-electron chi connectivity index (χ0n) is 6.90. The van der Waals surface area contributed by atoms with Crippen molar-refractivity contribution in [3.8, 4) is 0 Å². The molecule has 86 valence electrons. The maximum absolute atomic E-state index is 12.1. The number of hydrogen-bond donors (Lipinski definition) is 0. The summed E-state index contributed by atoms with van der Waals surface area (Å²) in [6, 6.07) is 1.04. The standard InChI is InChI=1S/C7H4F7P/c8-7(9,10)5-2-1-3-6(4-5)15(11,12,13)14/h1-4H. The average molecular weight is 252 g/mol. The number of alkyl halides is 3. The van der Waals surface area contributed by atoms with Crippen molar-refractivity contribution in [1.82, 2.24) is 0 Å². The number of hydrogen-bond acceptors (Lipinski definition) is 0. The summed E-state index contributed by atoms with van der Waals surface area (Å²) in [6.45, 7) is 0. The first-order valence-corrected chi connectivity index (χ1v) is 5.34. The maximum atomic E-state index is 12.1. The molecule has 0 heterocycles. The minimum atomic E-state index is -8.11. The molecular formula is C7H4F7P. The summed E-state index contributed by atoms with van der Waals surface area (Å²) < 4.78 is 84.6. The monoisotopic (exact) mass is 252 g/mol. The van der Waals surface area contributed by atoms with E-state index in [-0.39, 0.29) is 12.1 Å². The van der Waals surface area contributed by atoms with Gasteiger partial charge in [-0.05, 0) is 0 Å². The predicted octanol–water partition coefficient (Wildman–Crippen LogP) is 4.42. The SMILES string of the molecule is FC(F)(F)c1cccc(P(F)(F)(F)F)c1. The van der Waals surface area contributed by atoms with Gasteiger partial charge in [-0.15, -0.1) is 0 Å². The molecule has 0 nitrogen and oxygen atoms in total. The molecule has 0 aromatic heterocycles. The van der Waals surface area contributed by atoms with Gasteiger partial charge in [0, 0.05) is 0 Å². The van der Waals surface area contributed by atoms with Gasteiger partial charge >= 0.3 is 79.1 Å². The van der Waals surface area contributed by atoms with Crippen molar-refractivity contribution in [2.24, 2.45) is 0 Å². The summed E-state index contributed by atoms with van der Waals surface area (Å²) in [5.74, 6) is 0. The van der Waals surface area contributed by atoms with Crippen LogP contribution in [0.5, 0.6) is 0 Å². The van der Waals surface area contributed by atoms with Crippen LogP contribution in [0.25, 0.3) is 0 Å². The van der Waals surface area contributed by atoms with Crippen molar-refractivity contribution >= 4 is 13.2 Å². The number of halogens is 7. The third kappa shape index (κ3) is 3.06. The third-order valence-electron chi connectivity index (χ3n) is 1.56. The first kappa shape index (κ1) is 12.2. The van der Waals surface area contributed by atoms with Crippen LogP contribution in [0.15, 0.2) is 24.3 Å². The molecule has 0 bridgehead atoms. The Morgan fingerprint density at radius 1 is 0.933 bits per heavy atom. The summed E-state index contributed by atoms with van der Waals surface area (Å²) >= 11 is 0. The van der Waals surface area contributed by atoms with Crippen molar-refractivity contribution in [3.05, 3.63) is 29.8 Å². The summed E-state index contributed by atoms with van der Waals surface area (Å²) in [5.41, 5.74) is -1.51. The molecule has 0 spiro atoms. The molecule has 0 saturated carbocycles. The van der Waals surface area contributed by atoms with Gasteiger partial charge in [-0.3, -0.25) is 0 Å². The molecule has 0 saturated heterocycles. The molecule has 0 amide bonds. The molecule has 0 aliphatic rings. The molecule has 1 aromatic carbocycles. The van der Waals surface area contributed by atoms with E-state index < -0.39 is 24.9 Å². The molecule has 0 N–H and O–H groups in total. The van der Waals surface area contributed by atoms with Gasteiger partial charge in [0.2, 0.25) is 0 Å². The predicted molar refractivity (Wildman–Crippen MR) is 42.4 cm³/mol. The van der Waals surface area contributed by atoms with Gasteiger partial charge in [0.05, 0.1) is 0 Å². The summed E-state index contributed by atoms with van der Waals surface area (Å²) in [7, 11) is -8.11. The Labute approximate surface area is 80.1 Å². The van der Waals surface area contributed by atoms with Crippen LogP contribution in [0, 0.1) is 0 Å². The quantitative estimate of drug-likeness (QED) is 0.512. The van der Waals surface area contributed by atoms with Gasteiger partial charge in [0.25, 0.3) is 0 Å². The zero-order chi connectivity index (χ0) is 11.9. The van der Waals surface area contributed by atoms with Gasteiger partial charge in [-0.25, -0.2) is 0 Å². The molecule has 0 atom stereocenters. The Morgan fingerprint density at radius 2 is 1.47 bits per heavy atom. The van der Waals surface area contributed by atoms with Crippen LogP contribution in [-0.4, -0.2) is 0 Å². The molecule has 1 rings (SSSR count). The fraction of sp³-hybridized carbons (Fsp3) is 0.143. The van der Waals surface area contributed by atoms with Crippen LogP contribution in [0.1, 0.15) is 5.56 Å². The Balaban J connectivity index is 3.27.